The summed E-state index contributed by atoms with van der Waals surface area (Å²) >= 11 is 5.78. The first-order chi connectivity index (χ1) is 11.4. The molecule has 24 heavy (non-hydrogen) atoms. The highest BCUT2D eigenvalue weighted by Gasteiger charge is 2.22. The Labute approximate surface area is 145 Å². The summed E-state index contributed by atoms with van der Waals surface area (Å²) < 4.78 is 30.8. The second kappa shape index (κ2) is 6.31. The fourth-order valence-electron chi connectivity index (χ4n) is 2.59. The van der Waals surface area contributed by atoms with Gasteiger partial charge in [0.1, 0.15) is 22.8 Å². The number of hydrogen-bond acceptors (Lipinski definition) is 4. The van der Waals surface area contributed by atoms with Gasteiger partial charge in [0.25, 0.3) is 0 Å². The van der Waals surface area contributed by atoms with E-state index in [1.807, 2.05) is 13.0 Å². The van der Waals surface area contributed by atoms with Gasteiger partial charge in [0, 0.05) is 11.4 Å². The van der Waals surface area contributed by atoms with E-state index in [-0.39, 0.29) is 15.9 Å². The molecule has 1 atom stereocenters. The quantitative estimate of drug-likeness (QED) is 0.777. The summed E-state index contributed by atoms with van der Waals surface area (Å²) in [5.74, 6) is 0.804. The molecule has 0 aliphatic carbocycles. The van der Waals surface area contributed by atoms with Crippen molar-refractivity contribution in [1.29, 1.82) is 5.26 Å². The highest BCUT2D eigenvalue weighted by Crippen LogP contribution is 2.31. The van der Waals surface area contributed by atoms with Crippen molar-refractivity contribution in [2.24, 2.45) is 0 Å². The largest absolute Gasteiger partial charge is 0.490 e. The van der Waals surface area contributed by atoms with Crippen LogP contribution in [0.5, 0.6) is 5.75 Å². The van der Waals surface area contributed by atoms with E-state index in [2.05, 4.69) is 0 Å². The summed E-state index contributed by atoms with van der Waals surface area (Å²) in [6.07, 6.45) is 2.25. The molecule has 6 heteroatoms. The fourth-order valence-corrected chi connectivity index (χ4v) is 3.88. The van der Waals surface area contributed by atoms with Gasteiger partial charge in [0.05, 0.1) is 4.90 Å². The predicted molar refractivity (Wildman–Crippen MR) is 92.5 cm³/mol. The van der Waals surface area contributed by atoms with Crippen molar-refractivity contribution < 1.29 is 13.2 Å². The van der Waals surface area contributed by atoms with Crippen molar-refractivity contribution in [3.63, 3.8) is 0 Å². The number of benzene rings is 2. The van der Waals surface area contributed by atoms with E-state index in [1.54, 1.807) is 18.2 Å². The van der Waals surface area contributed by atoms with Crippen LogP contribution >= 0.6 is 11.6 Å². The van der Waals surface area contributed by atoms with Gasteiger partial charge >= 0.3 is 0 Å². The zero-order valence-electron chi connectivity index (χ0n) is 12.9. The van der Waals surface area contributed by atoms with Crippen molar-refractivity contribution in [3.8, 4) is 11.8 Å². The van der Waals surface area contributed by atoms with Gasteiger partial charge in [-0.15, -0.1) is 0 Å². The average Bonchev–Trinajstić information content (AvgIpc) is 2.92. The molecule has 3 rings (SSSR count). The number of nitriles is 1. The monoisotopic (exact) mass is 359 g/mol. The van der Waals surface area contributed by atoms with Crippen molar-refractivity contribution in [2.75, 3.05) is 0 Å². The smallest absolute Gasteiger partial charge is 0.216 e. The van der Waals surface area contributed by atoms with E-state index in [1.165, 1.54) is 30.3 Å². The maximum Gasteiger partial charge on any atom is 0.216 e. The minimum Gasteiger partial charge on any atom is -0.490 e. The van der Waals surface area contributed by atoms with Gasteiger partial charge in [-0.1, -0.05) is 17.7 Å². The summed E-state index contributed by atoms with van der Waals surface area (Å²) in [5, 5.41) is 9.76. The van der Waals surface area contributed by atoms with Gasteiger partial charge in [0.2, 0.25) is 9.84 Å². The number of halogens is 1. The molecule has 122 valence electrons. The van der Waals surface area contributed by atoms with Crippen LogP contribution in [0.1, 0.15) is 18.1 Å². The Hall–Kier alpha value is -2.29. The summed E-state index contributed by atoms with van der Waals surface area (Å²) in [5.41, 5.74) is 1.66. The minimum absolute atomic E-state index is 0.0396. The lowest BCUT2D eigenvalue weighted by Gasteiger charge is -2.04. The Kier molecular flexibility index (Phi) is 4.35. The van der Waals surface area contributed by atoms with Crippen LogP contribution in [0, 0.1) is 11.3 Å². The lowest BCUT2D eigenvalue weighted by atomic mass is 10.1. The summed E-state index contributed by atoms with van der Waals surface area (Å²) in [7, 11) is -3.88. The standard InChI is InChI=1S/C18H14ClNO3S/c1-12-8-14-9-13(2-7-18(14)23-12)10-17(11-20)24(21,22)16-5-3-15(19)4-6-16/h2-7,9-10,12H,8H2,1H3/b17-10+/t12-/m0/s1. The molecule has 0 amide bonds. The first-order valence-electron chi connectivity index (χ1n) is 7.32. The van der Waals surface area contributed by atoms with Crippen molar-refractivity contribution >= 4 is 27.5 Å². The van der Waals surface area contributed by atoms with Crippen LogP contribution in [0.15, 0.2) is 52.3 Å². The molecule has 1 aliphatic rings. The normalized spacial score (nSPS) is 17.0. The van der Waals surface area contributed by atoms with E-state index in [9.17, 15) is 13.7 Å². The zero-order chi connectivity index (χ0) is 17.3. The molecule has 0 unspecified atom stereocenters. The van der Waals surface area contributed by atoms with E-state index in [0.717, 1.165) is 17.7 Å². The second-order valence-electron chi connectivity index (χ2n) is 5.58. The van der Waals surface area contributed by atoms with Crippen LogP contribution in [0.4, 0.5) is 0 Å². The van der Waals surface area contributed by atoms with Crippen LogP contribution in [-0.4, -0.2) is 14.5 Å². The summed E-state index contributed by atoms with van der Waals surface area (Å²) in [6, 6.07) is 12.9. The van der Waals surface area contributed by atoms with Crippen LogP contribution < -0.4 is 4.74 Å². The van der Waals surface area contributed by atoms with Gasteiger partial charge in [-0.3, -0.25) is 0 Å². The fraction of sp³-hybridized carbons (Fsp3) is 0.167. The number of fused-ring (bicyclic) bond motifs is 1. The van der Waals surface area contributed by atoms with E-state index in [4.69, 9.17) is 16.3 Å². The SMILES string of the molecule is C[C@H]1Cc2cc(/C=C(\C#N)S(=O)(=O)c3ccc(Cl)cc3)ccc2O1. The Balaban J connectivity index is 2.00. The van der Waals surface area contributed by atoms with Gasteiger partial charge < -0.3 is 4.74 Å². The van der Waals surface area contributed by atoms with Gasteiger partial charge in [-0.05, 0) is 60.5 Å². The lowest BCUT2D eigenvalue weighted by Crippen LogP contribution is -2.05. The summed E-state index contributed by atoms with van der Waals surface area (Å²) in [4.78, 5) is -0.269. The van der Waals surface area contributed by atoms with Crippen LogP contribution in [0.2, 0.25) is 5.02 Å². The molecule has 0 saturated heterocycles. The molecule has 0 saturated carbocycles. The maximum absolute atomic E-state index is 12.6. The average molecular weight is 360 g/mol. The predicted octanol–water partition coefficient (Wildman–Crippen LogP) is 4.00. The topological polar surface area (TPSA) is 67.2 Å². The third-order valence-corrected chi connectivity index (χ3v) is 5.67. The first-order valence-corrected chi connectivity index (χ1v) is 9.18. The molecule has 1 heterocycles. The van der Waals surface area contributed by atoms with E-state index in [0.29, 0.717) is 10.6 Å². The van der Waals surface area contributed by atoms with Crippen molar-refractivity contribution in [3.05, 3.63) is 63.5 Å². The number of allylic oxidation sites excluding steroid dienone is 1. The Morgan fingerprint density at radius 2 is 2.00 bits per heavy atom. The maximum atomic E-state index is 12.6. The van der Waals surface area contributed by atoms with Crippen LogP contribution in [0.25, 0.3) is 6.08 Å². The Morgan fingerprint density at radius 3 is 2.67 bits per heavy atom. The molecule has 0 bridgehead atoms. The molecule has 0 radical (unpaired) electrons. The molecule has 2 aromatic rings. The highest BCUT2D eigenvalue weighted by molar-refractivity contribution is 7.95. The molecule has 0 aromatic heterocycles. The number of sulfone groups is 1. The van der Waals surface area contributed by atoms with Crippen molar-refractivity contribution in [2.45, 2.75) is 24.3 Å². The van der Waals surface area contributed by atoms with E-state index < -0.39 is 9.84 Å². The Morgan fingerprint density at radius 1 is 1.29 bits per heavy atom. The molecule has 4 nitrogen and oxygen atoms in total. The number of nitrogens with zero attached hydrogens (tertiary/aromatic N) is 1. The molecule has 0 fully saturated rings. The van der Waals surface area contributed by atoms with E-state index >= 15 is 0 Å². The van der Waals surface area contributed by atoms with Crippen LogP contribution in [0.3, 0.4) is 0 Å². The van der Waals surface area contributed by atoms with Gasteiger partial charge in [-0.25, -0.2) is 8.42 Å². The molecule has 2 aromatic carbocycles. The summed E-state index contributed by atoms with van der Waals surface area (Å²) in [6.45, 7) is 1.97. The Bertz CT molecular complexity index is 957. The van der Waals surface area contributed by atoms with Crippen molar-refractivity contribution in [1.82, 2.24) is 0 Å². The van der Waals surface area contributed by atoms with Crippen LogP contribution in [-0.2, 0) is 16.3 Å². The second-order valence-corrected chi connectivity index (χ2v) is 7.93. The third-order valence-electron chi connectivity index (χ3n) is 3.74. The zero-order valence-corrected chi connectivity index (χ0v) is 14.4. The lowest BCUT2D eigenvalue weighted by molar-refractivity contribution is 0.254. The van der Waals surface area contributed by atoms with Gasteiger partial charge in [0.15, 0.2) is 0 Å². The van der Waals surface area contributed by atoms with Gasteiger partial charge in [-0.2, -0.15) is 5.26 Å². The molecule has 0 spiro atoms. The molecular weight excluding hydrogens is 346 g/mol. The number of hydrogen-bond donors (Lipinski definition) is 0. The molecule has 0 N–H and O–H groups in total. The molecule has 1 aliphatic heterocycles. The number of rotatable bonds is 3. The minimum atomic E-state index is -3.88. The first kappa shape index (κ1) is 16.6. The highest BCUT2D eigenvalue weighted by atomic mass is 35.5. The third kappa shape index (κ3) is 3.16. The number of ether oxygens (including phenoxy) is 1. The molecular formula is C18H14ClNO3S.